The summed E-state index contributed by atoms with van der Waals surface area (Å²) < 4.78 is 6.31. The van der Waals surface area contributed by atoms with Gasteiger partial charge in [0.05, 0.1) is 12.2 Å². The van der Waals surface area contributed by atoms with Gasteiger partial charge in [-0.05, 0) is 43.4 Å². The molecule has 3 atom stereocenters. The number of benzene rings is 1. The van der Waals surface area contributed by atoms with Crippen molar-refractivity contribution in [3.05, 3.63) is 29.8 Å². The van der Waals surface area contributed by atoms with Gasteiger partial charge < -0.3 is 15.0 Å². The standard InChI is InChI=1S/C21H27ClN2O3/c22-12-20(25)23-17-7-3-6-15(10-17)19-11-16-13-24(9-8-18(16)27-19)21(26)14-4-1-2-5-14/h3,6-7,10,14,16,18-19H,1-2,4-5,8-9,11-13H2,(H,23,25)/t16-,18+,19+/m1/s1. The summed E-state index contributed by atoms with van der Waals surface area (Å²) in [4.78, 5) is 26.3. The molecule has 0 spiro atoms. The first-order chi connectivity index (χ1) is 13.1. The number of alkyl halides is 1. The first-order valence-corrected chi connectivity index (χ1v) is 10.6. The van der Waals surface area contributed by atoms with Gasteiger partial charge in [-0.1, -0.05) is 25.0 Å². The third kappa shape index (κ3) is 4.14. The van der Waals surface area contributed by atoms with Gasteiger partial charge in [0.1, 0.15) is 5.88 Å². The van der Waals surface area contributed by atoms with Gasteiger partial charge >= 0.3 is 0 Å². The molecule has 0 radical (unpaired) electrons. The smallest absolute Gasteiger partial charge is 0.239 e. The maximum absolute atomic E-state index is 12.8. The molecule has 146 valence electrons. The lowest BCUT2D eigenvalue weighted by atomic mass is 9.90. The number of halogens is 1. The largest absolute Gasteiger partial charge is 0.370 e. The van der Waals surface area contributed by atoms with Crippen molar-refractivity contribution in [2.75, 3.05) is 24.3 Å². The monoisotopic (exact) mass is 390 g/mol. The molecule has 4 rings (SSSR count). The zero-order valence-corrected chi connectivity index (χ0v) is 16.3. The molecule has 3 fully saturated rings. The molecule has 3 aliphatic rings. The predicted octanol–water partition coefficient (Wildman–Crippen LogP) is 3.73. The first-order valence-electron chi connectivity index (χ1n) is 10.0. The van der Waals surface area contributed by atoms with Crippen molar-refractivity contribution in [2.45, 2.75) is 50.7 Å². The van der Waals surface area contributed by atoms with Crippen LogP contribution in [0.5, 0.6) is 0 Å². The molecule has 27 heavy (non-hydrogen) atoms. The summed E-state index contributed by atoms with van der Waals surface area (Å²) in [5.41, 5.74) is 1.82. The van der Waals surface area contributed by atoms with Gasteiger partial charge in [-0.3, -0.25) is 9.59 Å². The van der Waals surface area contributed by atoms with E-state index in [1.54, 1.807) is 0 Å². The molecule has 2 aliphatic heterocycles. The van der Waals surface area contributed by atoms with Crippen LogP contribution in [0.1, 0.15) is 50.2 Å². The number of rotatable bonds is 4. The topological polar surface area (TPSA) is 58.6 Å². The molecule has 1 aromatic rings. The van der Waals surface area contributed by atoms with E-state index in [-0.39, 0.29) is 29.9 Å². The highest BCUT2D eigenvalue weighted by Crippen LogP contribution is 2.41. The second-order valence-electron chi connectivity index (χ2n) is 8.02. The van der Waals surface area contributed by atoms with Gasteiger partial charge in [0.2, 0.25) is 11.8 Å². The molecule has 0 bridgehead atoms. The van der Waals surface area contributed by atoms with Crippen molar-refractivity contribution in [2.24, 2.45) is 11.8 Å². The number of fused-ring (bicyclic) bond motifs is 1. The summed E-state index contributed by atoms with van der Waals surface area (Å²) in [6.45, 7) is 1.63. The van der Waals surface area contributed by atoms with Crippen LogP contribution in [-0.4, -0.2) is 41.8 Å². The second kappa shape index (κ2) is 8.19. The number of carbonyl (C=O) groups excluding carboxylic acids is 2. The van der Waals surface area contributed by atoms with E-state index in [1.165, 1.54) is 12.8 Å². The van der Waals surface area contributed by atoms with E-state index in [0.29, 0.717) is 11.8 Å². The van der Waals surface area contributed by atoms with E-state index >= 15 is 0 Å². The Morgan fingerprint density at radius 2 is 2.04 bits per heavy atom. The fraction of sp³-hybridized carbons (Fsp3) is 0.619. The van der Waals surface area contributed by atoms with Crippen LogP contribution in [0.4, 0.5) is 5.69 Å². The number of amides is 2. The molecule has 2 saturated heterocycles. The number of ether oxygens (including phenoxy) is 1. The van der Waals surface area contributed by atoms with Crippen LogP contribution in [0.2, 0.25) is 0 Å². The SMILES string of the molecule is O=C(CCl)Nc1cccc([C@@H]2C[C@@H]3CN(C(=O)C4CCCC4)CC[C@@H]3O2)c1. The van der Waals surface area contributed by atoms with Crippen LogP contribution >= 0.6 is 11.6 Å². The summed E-state index contributed by atoms with van der Waals surface area (Å²) >= 11 is 5.57. The molecule has 0 unspecified atom stereocenters. The van der Waals surface area contributed by atoms with Gasteiger partial charge in [0, 0.05) is 30.6 Å². The summed E-state index contributed by atoms with van der Waals surface area (Å²) in [5.74, 6) is 0.743. The highest BCUT2D eigenvalue weighted by Gasteiger charge is 2.41. The molecular weight excluding hydrogens is 364 g/mol. The van der Waals surface area contributed by atoms with Crippen molar-refractivity contribution >= 4 is 29.1 Å². The van der Waals surface area contributed by atoms with Crippen molar-refractivity contribution < 1.29 is 14.3 Å². The number of nitrogens with one attached hydrogen (secondary N) is 1. The number of anilines is 1. The minimum atomic E-state index is -0.212. The molecule has 5 nitrogen and oxygen atoms in total. The van der Waals surface area contributed by atoms with Crippen LogP contribution in [0.15, 0.2) is 24.3 Å². The maximum atomic E-state index is 12.8. The summed E-state index contributed by atoms with van der Waals surface area (Å²) in [6, 6.07) is 7.80. The third-order valence-corrected chi connectivity index (χ3v) is 6.44. The fourth-order valence-electron chi connectivity index (χ4n) is 4.81. The minimum Gasteiger partial charge on any atom is -0.370 e. The number of hydrogen-bond donors (Lipinski definition) is 1. The van der Waals surface area contributed by atoms with Crippen molar-refractivity contribution in [1.29, 1.82) is 0 Å². The first kappa shape index (κ1) is 18.8. The zero-order chi connectivity index (χ0) is 18.8. The highest BCUT2D eigenvalue weighted by molar-refractivity contribution is 6.29. The Balaban J connectivity index is 1.39. The lowest BCUT2D eigenvalue weighted by Crippen LogP contribution is -2.46. The lowest BCUT2D eigenvalue weighted by Gasteiger charge is -2.35. The third-order valence-electron chi connectivity index (χ3n) is 6.20. The maximum Gasteiger partial charge on any atom is 0.239 e. The molecule has 1 N–H and O–H groups in total. The number of carbonyl (C=O) groups is 2. The number of hydrogen-bond acceptors (Lipinski definition) is 3. The zero-order valence-electron chi connectivity index (χ0n) is 15.5. The van der Waals surface area contributed by atoms with E-state index in [1.807, 2.05) is 24.3 Å². The van der Waals surface area contributed by atoms with Crippen LogP contribution in [0.25, 0.3) is 0 Å². The number of piperidine rings is 1. The van der Waals surface area contributed by atoms with Crippen LogP contribution in [0.3, 0.4) is 0 Å². The molecular formula is C21H27ClN2O3. The Morgan fingerprint density at radius 3 is 2.81 bits per heavy atom. The average Bonchev–Trinajstić information content (AvgIpc) is 3.36. The predicted molar refractivity (Wildman–Crippen MR) is 105 cm³/mol. The van der Waals surface area contributed by atoms with Crippen LogP contribution in [-0.2, 0) is 14.3 Å². The van der Waals surface area contributed by atoms with Gasteiger partial charge in [-0.2, -0.15) is 0 Å². The molecule has 0 aromatic heterocycles. The van der Waals surface area contributed by atoms with Crippen molar-refractivity contribution in [1.82, 2.24) is 4.90 Å². The van der Waals surface area contributed by atoms with E-state index < -0.39 is 0 Å². The fourth-order valence-corrected chi connectivity index (χ4v) is 4.88. The number of nitrogens with zero attached hydrogens (tertiary/aromatic N) is 1. The van der Waals surface area contributed by atoms with E-state index in [0.717, 1.165) is 50.0 Å². The van der Waals surface area contributed by atoms with Gasteiger partial charge in [-0.15, -0.1) is 11.6 Å². The molecule has 1 aliphatic carbocycles. The Hall–Kier alpha value is -1.59. The van der Waals surface area contributed by atoms with Crippen LogP contribution in [0, 0.1) is 11.8 Å². The summed E-state index contributed by atoms with van der Waals surface area (Å²) in [7, 11) is 0. The quantitative estimate of drug-likeness (QED) is 0.797. The summed E-state index contributed by atoms with van der Waals surface area (Å²) in [6.07, 6.45) is 6.59. The molecule has 1 aromatic carbocycles. The van der Waals surface area contributed by atoms with E-state index in [4.69, 9.17) is 16.3 Å². The van der Waals surface area contributed by atoms with Gasteiger partial charge in [0.15, 0.2) is 0 Å². The van der Waals surface area contributed by atoms with Crippen molar-refractivity contribution in [3.63, 3.8) is 0 Å². The molecule has 2 heterocycles. The normalized spacial score (nSPS) is 28.2. The number of likely N-dealkylation sites (tertiary alicyclic amines) is 1. The van der Waals surface area contributed by atoms with Gasteiger partial charge in [0.25, 0.3) is 0 Å². The summed E-state index contributed by atoms with van der Waals surface area (Å²) in [5, 5.41) is 2.79. The highest BCUT2D eigenvalue weighted by atomic mass is 35.5. The van der Waals surface area contributed by atoms with E-state index in [9.17, 15) is 9.59 Å². The Bertz CT molecular complexity index is 704. The van der Waals surface area contributed by atoms with Gasteiger partial charge in [-0.25, -0.2) is 0 Å². The Labute approximate surface area is 165 Å². The lowest BCUT2D eigenvalue weighted by molar-refractivity contribution is -0.138. The van der Waals surface area contributed by atoms with Crippen molar-refractivity contribution in [3.8, 4) is 0 Å². The molecule has 1 saturated carbocycles. The average molecular weight is 391 g/mol. The minimum absolute atomic E-state index is 0.0226. The Morgan fingerprint density at radius 1 is 1.22 bits per heavy atom. The Kier molecular flexibility index (Phi) is 5.69. The molecule has 2 amide bonds. The second-order valence-corrected chi connectivity index (χ2v) is 8.29. The molecule has 6 heteroatoms. The van der Waals surface area contributed by atoms with E-state index in [2.05, 4.69) is 10.2 Å². The van der Waals surface area contributed by atoms with Crippen LogP contribution < -0.4 is 5.32 Å².